The van der Waals surface area contributed by atoms with Gasteiger partial charge in [0.25, 0.3) is 0 Å². The van der Waals surface area contributed by atoms with Crippen LogP contribution in [0.3, 0.4) is 0 Å². The lowest BCUT2D eigenvalue weighted by Crippen LogP contribution is -2.50. The minimum absolute atomic E-state index is 0. The molecule has 2 N–H and O–H groups in total. The Morgan fingerprint density at radius 1 is 1.22 bits per heavy atom. The van der Waals surface area contributed by atoms with Crippen molar-refractivity contribution in [2.75, 3.05) is 40.3 Å². The van der Waals surface area contributed by atoms with Crippen molar-refractivity contribution in [1.29, 1.82) is 0 Å². The maximum atomic E-state index is 12.7. The third-order valence-electron chi connectivity index (χ3n) is 5.91. The molecule has 1 aliphatic carbocycles. The van der Waals surface area contributed by atoms with Gasteiger partial charge in [0.05, 0.1) is 12.0 Å². The van der Waals surface area contributed by atoms with Crippen LogP contribution in [0.15, 0.2) is 4.99 Å². The van der Waals surface area contributed by atoms with Gasteiger partial charge in [-0.1, -0.05) is 12.8 Å². The molecule has 1 heterocycles. The first-order valence-electron chi connectivity index (χ1n) is 10.4. The molecule has 6 nitrogen and oxygen atoms in total. The molecule has 0 spiro atoms. The number of hydrogen-bond acceptors (Lipinski definition) is 3. The minimum Gasteiger partial charge on any atom is -0.357 e. The normalized spacial score (nSPS) is 21.0. The monoisotopic (exact) mass is 493 g/mol. The lowest BCUT2D eigenvalue weighted by molar-refractivity contribution is -0.138. The van der Waals surface area contributed by atoms with Crippen molar-refractivity contribution >= 4 is 35.8 Å². The largest absolute Gasteiger partial charge is 0.357 e. The van der Waals surface area contributed by atoms with Crippen molar-refractivity contribution in [2.45, 2.75) is 71.4 Å². The summed E-state index contributed by atoms with van der Waals surface area (Å²) in [5, 5.41) is 6.99. The van der Waals surface area contributed by atoms with E-state index < -0.39 is 0 Å². The summed E-state index contributed by atoms with van der Waals surface area (Å²) >= 11 is 0. The summed E-state index contributed by atoms with van der Waals surface area (Å²) in [7, 11) is 3.72. The predicted octanol–water partition coefficient (Wildman–Crippen LogP) is 2.68. The van der Waals surface area contributed by atoms with Gasteiger partial charge < -0.3 is 20.4 Å². The van der Waals surface area contributed by atoms with Crippen molar-refractivity contribution in [3.63, 3.8) is 0 Å². The van der Waals surface area contributed by atoms with E-state index in [9.17, 15) is 4.79 Å². The number of guanidine groups is 1. The highest BCUT2D eigenvalue weighted by atomic mass is 127. The first-order valence-corrected chi connectivity index (χ1v) is 10.4. The van der Waals surface area contributed by atoms with E-state index in [2.05, 4.69) is 36.3 Å². The number of carbonyl (C=O) groups is 1. The Bertz CT molecular complexity index is 481. The second-order valence-corrected chi connectivity index (χ2v) is 8.43. The van der Waals surface area contributed by atoms with Crippen LogP contribution in [-0.2, 0) is 4.79 Å². The molecular formula is C20H40IN5O. The minimum atomic E-state index is -0.299. The molecule has 2 rings (SSSR count). The first kappa shape index (κ1) is 24.5. The molecule has 0 radical (unpaired) electrons. The van der Waals surface area contributed by atoms with E-state index in [-0.39, 0.29) is 35.3 Å². The van der Waals surface area contributed by atoms with Crippen LogP contribution < -0.4 is 10.6 Å². The highest BCUT2D eigenvalue weighted by Crippen LogP contribution is 2.39. The van der Waals surface area contributed by atoms with Gasteiger partial charge >= 0.3 is 0 Å². The van der Waals surface area contributed by atoms with Gasteiger partial charge in [0, 0.05) is 45.8 Å². The summed E-state index contributed by atoms with van der Waals surface area (Å²) < 4.78 is 0. The molecule has 0 atom stereocenters. The van der Waals surface area contributed by atoms with Gasteiger partial charge in [-0.25, -0.2) is 0 Å². The molecule has 7 heteroatoms. The van der Waals surface area contributed by atoms with Crippen molar-refractivity contribution < 1.29 is 4.79 Å². The molecule has 0 bridgehead atoms. The second kappa shape index (κ2) is 11.4. The summed E-state index contributed by atoms with van der Waals surface area (Å²) in [5.74, 6) is 1.10. The number of piperidine rings is 1. The number of likely N-dealkylation sites (tertiary alicyclic amines) is 1. The fourth-order valence-corrected chi connectivity index (χ4v) is 4.27. The van der Waals surface area contributed by atoms with Gasteiger partial charge in [0.15, 0.2) is 5.96 Å². The van der Waals surface area contributed by atoms with Crippen LogP contribution in [0.2, 0.25) is 0 Å². The number of hydrogen-bond donors (Lipinski definition) is 2. The van der Waals surface area contributed by atoms with E-state index in [1.165, 1.54) is 0 Å². The van der Waals surface area contributed by atoms with Crippen LogP contribution in [0.25, 0.3) is 0 Å². The standard InChI is InChI=1S/C20H39N5O.HI/c1-6-21-19(23-17-9-13-25(14-10-17)16(2)3)22-15-20(11-7-8-12-20)18(26)24(4)5;/h16-17H,6-15H2,1-5H3,(H2,21,22,23);1H. The zero-order valence-electron chi connectivity index (χ0n) is 17.9. The van der Waals surface area contributed by atoms with Crippen LogP contribution in [-0.4, -0.2) is 74.0 Å². The summed E-state index contributed by atoms with van der Waals surface area (Å²) in [6.07, 6.45) is 6.47. The smallest absolute Gasteiger partial charge is 0.230 e. The highest BCUT2D eigenvalue weighted by molar-refractivity contribution is 14.0. The third kappa shape index (κ3) is 6.76. The average Bonchev–Trinajstić information content (AvgIpc) is 3.09. The molecular weight excluding hydrogens is 453 g/mol. The number of rotatable bonds is 6. The van der Waals surface area contributed by atoms with Crippen LogP contribution in [0.5, 0.6) is 0 Å². The number of halogens is 1. The fourth-order valence-electron chi connectivity index (χ4n) is 4.27. The van der Waals surface area contributed by atoms with Gasteiger partial charge in [0.2, 0.25) is 5.91 Å². The second-order valence-electron chi connectivity index (χ2n) is 8.43. The highest BCUT2D eigenvalue weighted by Gasteiger charge is 2.42. The Balaban J connectivity index is 0.00000364. The molecule has 1 amide bonds. The number of aliphatic imine (C=N–C) groups is 1. The summed E-state index contributed by atoms with van der Waals surface area (Å²) in [5.41, 5.74) is -0.299. The Labute approximate surface area is 182 Å². The molecule has 1 saturated heterocycles. The van der Waals surface area contributed by atoms with E-state index in [0.29, 0.717) is 18.6 Å². The Kier molecular flexibility index (Phi) is 10.4. The van der Waals surface area contributed by atoms with E-state index >= 15 is 0 Å². The maximum Gasteiger partial charge on any atom is 0.230 e. The first-order chi connectivity index (χ1) is 12.4. The topological polar surface area (TPSA) is 60.0 Å². The Morgan fingerprint density at radius 3 is 2.30 bits per heavy atom. The average molecular weight is 493 g/mol. The zero-order valence-corrected chi connectivity index (χ0v) is 20.2. The molecule has 0 aromatic rings. The fraction of sp³-hybridized carbons (Fsp3) is 0.900. The van der Waals surface area contributed by atoms with E-state index in [0.717, 1.165) is 64.1 Å². The van der Waals surface area contributed by atoms with Crippen LogP contribution in [0, 0.1) is 5.41 Å². The number of nitrogens with zero attached hydrogens (tertiary/aromatic N) is 3. The molecule has 2 aliphatic rings. The lowest BCUT2D eigenvalue weighted by Gasteiger charge is -2.35. The number of amides is 1. The number of carbonyl (C=O) groups excluding carboxylic acids is 1. The van der Waals surface area contributed by atoms with Gasteiger partial charge in [0.1, 0.15) is 0 Å². The maximum absolute atomic E-state index is 12.7. The van der Waals surface area contributed by atoms with E-state index in [4.69, 9.17) is 4.99 Å². The molecule has 2 fully saturated rings. The molecule has 27 heavy (non-hydrogen) atoms. The molecule has 0 aromatic carbocycles. The quantitative estimate of drug-likeness (QED) is 0.340. The SMILES string of the molecule is CCNC(=NCC1(C(=O)N(C)C)CCCC1)NC1CCN(C(C)C)CC1.I. The summed E-state index contributed by atoms with van der Waals surface area (Å²) in [6.45, 7) is 10.3. The Morgan fingerprint density at radius 2 is 1.81 bits per heavy atom. The van der Waals surface area contributed by atoms with Crippen molar-refractivity contribution in [3.8, 4) is 0 Å². The van der Waals surface area contributed by atoms with E-state index in [1.807, 2.05) is 14.1 Å². The summed E-state index contributed by atoms with van der Waals surface area (Å²) in [4.78, 5) is 21.9. The third-order valence-corrected chi connectivity index (χ3v) is 5.91. The molecule has 0 unspecified atom stereocenters. The van der Waals surface area contributed by atoms with E-state index in [1.54, 1.807) is 4.90 Å². The summed E-state index contributed by atoms with van der Waals surface area (Å²) in [6, 6.07) is 1.09. The van der Waals surface area contributed by atoms with Crippen LogP contribution >= 0.6 is 24.0 Å². The molecule has 1 aliphatic heterocycles. The zero-order chi connectivity index (χ0) is 19.2. The predicted molar refractivity (Wildman–Crippen MR) is 124 cm³/mol. The van der Waals surface area contributed by atoms with Crippen molar-refractivity contribution in [3.05, 3.63) is 0 Å². The van der Waals surface area contributed by atoms with Crippen molar-refractivity contribution in [1.82, 2.24) is 20.4 Å². The van der Waals surface area contributed by atoms with Gasteiger partial charge in [-0.3, -0.25) is 9.79 Å². The Hall–Kier alpha value is -0.570. The number of nitrogens with one attached hydrogen (secondary N) is 2. The van der Waals surface area contributed by atoms with Crippen LogP contribution in [0.1, 0.15) is 59.3 Å². The van der Waals surface area contributed by atoms with Gasteiger partial charge in [-0.2, -0.15) is 0 Å². The van der Waals surface area contributed by atoms with Gasteiger partial charge in [-0.05, 0) is 46.5 Å². The molecule has 1 saturated carbocycles. The van der Waals surface area contributed by atoms with Gasteiger partial charge in [-0.15, -0.1) is 24.0 Å². The molecule has 158 valence electrons. The van der Waals surface area contributed by atoms with Crippen LogP contribution in [0.4, 0.5) is 0 Å². The lowest BCUT2D eigenvalue weighted by atomic mass is 9.85. The molecule has 0 aromatic heterocycles. The van der Waals surface area contributed by atoms with Crippen molar-refractivity contribution in [2.24, 2.45) is 10.4 Å².